The largest absolute Gasteiger partial charge is 0.493 e. The molecule has 0 radical (unpaired) electrons. The molecule has 0 fully saturated rings. The molecule has 0 aliphatic heterocycles. The Morgan fingerprint density at radius 3 is 2.34 bits per heavy atom. The van der Waals surface area contributed by atoms with Crippen molar-refractivity contribution in [2.24, 2.45) is 11.1 Å². The van der Waals surface area contributed by atoms with E-state index in [0.717, 1.165) is 12.1 Å². The van der Waals surface area contributed by atoms with E-state index in [0.29, 0.717) is 5.56 Å². The van der Waals surface area contributed by atoms with Crippen LogP contribution in [0.5, 0.6) is 11.5 Å². The van der Waals surface area contributed by atoms with Crippen molar-refractivity contribution < 1.29 is 32.2 Å². The molecule has 0 saturated carbocycles. The standard InChI is InChI=1S/C22H24ClF3N2O4/c1-21(2,3)19(12-6-5-7-14(8-12)22(24,25)26)28-20(30)13-9-15(23)18(16(10-13)31-4)32-11-17(27)29/h5-10,19H,11H2,1-4H3,(H2,27,29)(H,28,30). The number of alkyl halides is 3. The van der Waals surface area contributed by atoms with Crippen molar-refractivity contribution in [2.45, 2.75) is 33.0 Å². The lowest BCUT2D eigenvalue weighted by molar-refractivity contribution is -0.137. The molecule has 32 heavy (non-hydrogen) atoms. The fourth-order valence-electron chi connectivity index (χ4n) is 3.04. The van der Waals surface area contributed by atoms with Crippen molar-refractivity contribution in [3.8, 4) is 11.5 Å². The summed E-state index contributed by atoms with van der Waals surface area (Å²) in [6.45, 7) is 4.95. The Bertz CT molecular complexity index is 1000. The summed E-state index contributed by atoms with van der Waals surface area (Å²) < 4.78 is 50.0. The minimum Gasteiger partial charge on any atom is -0.493 e. The average molecular weight is 473 g/mol. The zero-order valence-corrected chi connectivity index (χ0v) is 18.7. The SMILES string of the molecule is COc1cc(C(=O)NC(c2cccc(C(F)(F)F)c2)C(C)(C)C)cc(Cl)c1OCC(N)=O. The van der Waals surface area contributed by atoms with E-state index in [1.54, 1.807) is 20.8 Å². The highest BCUT2D eigenvalue weighted by Crippen LogP contribution is 2.39. The first kappa shape index (κ1) is 25.3. The summed E-state index contributed by atoms with van der Waals surface area (Å²) in [6, 6.07) is 6.73. The Hall–Kier alpha value is -2.94. The van der Waals surface area contributed by atoms with Gasteiger partial charge in [-0.3, -0.25) is 9.59 Å². The average Bonchev–Trinajstić information content (AvgIpc) is 2.68. The van der Waals surface area contributed by atoms with Gasteiger partial charge in [0.05, 0.1) is 23.7 Å². The molecule has 174 valence electrons. The summed E-state index contributed by atoms with van der Waals surface area (Å²) in [5.41, 5.74) is 4.05. The predicted octanol–water partition coefficient (Wildman–Crippen LogP) is 4.75. The molecule has 0 aliphatic rings. The molecule has 3 N–H and O–H groups in total. The number of nitrogens with two attached hydrogens (primary N) is 1. The van der Waals surface area contributed by atoms with Gasteiger partial charge in [0.1, 0.15) is 0 Å². The molecule has 10 heteroatoms. The van der Waals surface area contributed by atoms with Crippen LogP contribution in [-0.4, -0.2) is 25.5 Å². The van der Waals surface area contributed by atoms with E-state index in [2.05, 4.69) is 5.32 Å². The summed E-state index contributed by atoms with van der Waals surface area (Å²) in [7, 11) is 1.32. The minimum atomic E-state index is -4.51. The number of amides is 2. The molecule has 0 heterocycles. The molecule has 0 spiro atoms. The summed E-state index contributed by atoms with van der Waals surface area (Å²) >= 11 is 6.19. The van der Waals surface area contributed by atoms with Crippen LogP contribution in [0.25, 0.3) is 0 Å². The first-order valence-electron chi connectivity index (χ1n) is 9.50. The fraction of sp³-hybridized carbons (Fsp3) is 0.364. The van der Waals surface area contributed by atoms with Crippen LogP contribution in [0.1, 0.15) is 48.3 Å². The predicted molar refractivity (Wildman–Crippen MR) is 114 cm³/mol. The second kappa shape index (κ2) is 9.68. The maximum atomic E-state index is 13.2. The normalized spacial score (nSPS) is 12.8. The van der Waals surface area contributed by atoms with Gasteiger partial charge in [0.2, 0.25) is 0 Å². The fourth-order valence-corrected chi connectivity index (χ4v) is 3.31. The van der Waals surface area contributed by atoms with Crippen molar-refractivity contribution >= 4 is 23.4 Å². The maximum absolute atomic E-state index is 13.2. The number of primary amides is 1. The number of rotatable bonds is 7. The van der Waals surface area contributed by atoms with Gasteiger partial charge >= 0.3 is 6.18 Å². The summed E-state index contributed by atoms with van der Waals surface area (Å²) in [6.07, 6.45) is -4.51. The molecule has 0 saturated heterocycles. The second-order valence-corrected chi connectivity index (χ2v) is 8.55. The Morgan fingerprint density at radius 1 is 1.16 bits per heavy atom. The minimum absolute atomic E-state index is 0.00197. The van der Waals surface area contributed by atoms with Crippen LogP contribution < -0.4 is 20.5 Å². The lowest BCUT2D eigenvalue weighted by atomic mass is 9.81. The number of halogens is 4. The number of benzene rings is 2. The molecular formula is C22H24ClF3N2O4. The number of hydrogen-bond acceptors (Lipinski definition) is 4. The highest BCUT2D eigenvalue weighted by atomic mass is 35.5. The van der Waals surface area contributed by atoms with Gasteiger partial charge in [0, 0.05) is 5.56 Å². The molecule has 1 unspecified atom stereocenters. The third kappa shape index (κ3) is 6.29. The third-order valence-corrected chi connectivity index (χ3v) is 4.82. The van der Waals surface area contributed by atoms with Crippen LogP contribution in [0, 0.1) is 5.41 Å². The van der Waals surface area contributed by atoms with Crippen molar-refractivity contribution in [1.29, 1.82) is 0 Å². The first-order valence-corrected chi connectivity index (χ1v) is 9.88. The Labute approximate surface area is 188 Å². The van der Waals surface area contributed by atoms with Crippen LogP contribution in [-0.2, 0) is 11.0 Å². The number of hydrogen-bond donors (Lipinski definition) is 2. The van der Waals surface area contributed by atoms with E-state index < -0.39 is 41.6 Å². The van der Waals surface area contributed by atoms with E-state index in [4.69, 9.17) is 26.8 Å². The van der Waals surface area contributed by atoms with Crippen molar-refractivity contribution in [3.05, 3.63) is 58.1 Å². The molecule has 0 bridgehead atoms. The summed E-state index contributed by atoms with van der Waals surface area (Å²) in [5, 5.41) is 2.78. The van der Waals surface area contributed by atoms with Gasteiger partial charge in [-0.2, -0.15) is 13.2 Å². The molecule has 2 aromatic carbocycles. The van der Waals surface area contributed by atoms with Gasteiger partial charge in [0.25, 0.3) is 11.8 Å². The van der Waals surface area contributed by atoms with Gasteiger partial charge in [0.15, 0.2) is 18.1 Å². The zero-order valence-electron chi connectivity index (χ0n) is 18.0. The number of carbonyl (C=O) groups excluding carboxylic acids is 2. The number of carbonyl (C=O) groups is 2. The van der Waals surface area contributed by atoms with Gasteiger partial charge in [-0.15, -0.1) is 0 Å². The van der Waals surface area contributed by atoms with E-state index in [-0.39, 0.29) is 22.1 Å². The molecule has 0 aliphatic carbocycles. The molecular weight excluding hydrogens is 449 g/mol. The van der Waals surface area contributed by atoms with Gasteiger partial charge in [-0.05, 0) is 35.2 Å². The van der Waals surface area contributed by atoms with Crippen LogP contribution in [0.2, 0.25) is 5.02 Å². The van der Waals surface area contributed by atoms with Gasteiger partial charge < -0.3 is 20.5 Å². The Morgan fingerprint density at radius 2 is 1.81 bits per heavy atom. The van der Waals surface area contributed by atoms with Crippen LogP contribution in [0.15, 0.2) is 36.4 Å². The molecule has 0 aromatic heterocycles. The summed E-state index contributed by atoms with van der Waals surface area (Å²) in [4.78, 5) is 24.0. The van der Waals surface area contributed by atoms with Crippen molar-refractivity contribution in [2.75, 3.05) is 13.7 Å². The highest BCUT2D eigenvalue weighted by molar-refractivity contribution is 6.32. The molecule has 2 aromatic rings. The number of ether oxygens (including phenoxy) is 2. The van der Waals surface area contributed by atoms with E-state index in [1.807, 2.05) is 0 Å². The van der Waals surface area contributed by atoms with Crippen LogP contribution >= 0.6 is 11.6 Å². The lowest BCUT2D eigenvalue weighted by Gasteiger charge is -2.32. The third-order valence-electron chi connectivity index (χ3n) is 4.54. The molecule has 2 amide bonds. The monoisotopic (exact) mass is 472 g/mol. The number of methoxy groups -OCH3 is 1. The topological polar surface area (TPSA) is 90.7 Å². The van der Waals surface area contributed by atoms with Gasteiger partial charge in [-0.25, -0.2) is 0 Å². The molecule has 2 rings (SSSR count). The van der Waals surface area contributed by atoms with Crippen LogP contribution in [0.4, 0.5) is 13.2 Å². The quantitative estimate of drug-likeness (QED) is 0.608. The molecule has 6 nitrogen and oxygen atoms in total. The Kier molecular flexibility index (Phi) is 7.66. The first-order chi connectivity index (χ1) is 14.7. The van der Waals surface area contributed by atoms with Crippen LogP contribution in [0.3, 0.4) is 0 Å². The maximum Gasteiger partial charge on any atom is 0.416 e. The summed E-state index contributed by atoms with van der Waals surface area (Å²) in [5.74, 6) is -1.17. The van der Waals surface area contributed by atoms with E-state index in [9.17, 15) is 22.8 Å². The second-order valence-electron chi connectivity index (χ2n) is 8.14. The highest BCUT2D eigenvalue weighted by Gasteiger charge is 2.34. The van der Waals surface area contributed by atoms with E-state index in [1.165, 1.54) is 31.4 Å². The van der Waals surface area contributed by atoms with E-state index >= 15 is 0 Å². The zero-order chi connectivity index (χ0) is 24.3. The molecule has 1 atom stereocenters. The van der Waals surface area contributed by atoms with Crippen molar-refractivity contribution in [1.82, 2.24) is 5.32 Å². The lowest BCUT2D eigenvalue weighted by Crippen LogP contribution is -2.36. The van der Waals surface area contributed by atoms with Crippen molar-refractivity contribution in [3.63, 3.8) is 0 Å². The number of nitrogens with one attached hydrogen (secondary N) is 1. The Balaban J connectivity index is 2.39. The smallest absolute Gasteiger partial charge is 0.416 e. The van der Waals surface area contributed by atoms with Gasteiger partial charge in [-0.1, -0.05) is 44.5 Å².